The van der Waals surface area contributed by atoms with E-state index in [0.717, 1.165) is 24.6 Å². The maximum atomic E-state index is 5.48. The minimum Gasteiger partial charge on any atom is -0.376 e. The number of nitrogens with one attached hydrogen (secondary N) is 1. The predicted molar refractivity (Wildman–Crippen MR) is 73.3 cm³/mol. The van der Waals surface area contributed by atoms with Crippen molar-refractivity contribution < 1.29 is 4.74 Å². The van der Waals surface area contributed by atoms with Crippen LogP contribution < -0.4 is 5.32 Å². The van der Waals surface area contributed by atoms with Gasteiger partial charge in [-0.1, -0.05) is 12.2 Å². The van der Waals surface area contributed by atoms with Gasteiger partial charge < -0.3 is 15.0 Å². The Kier molecular flexibility index (Phi) is 6.78. The third-order valence-electron chi connectivity index (χ3n) is 3.43. The van der Waals surface area contributed by atoms with Crippen molar-refractivity contribution in [3.05, 3.63) is 12.2 Å². The zero-order valence-electron chi connectivity index (χ0n) is 11.7. The second kappa shape index (κ2) is 7.85. The first-order valence-electron chi connectivity index (χ1n) is 6.73. The van der Waals surface area contributed by atoms with E-state index in [1.165, 1.54) is 25.9 Å². The van der Waals surface area contributed by atoms with Crippen LogP contribution in [0.4, 0.5) is 0 Å². The van der Waals surface area contributed by atoms with Crippen LogP contribution >= 0.6 is 0 Å². The van der Waals surface area contributed by atoms with Gasteiger partial charge in [-0.15, -0.1) is 0 Å². The number of ether oxygens (including phenoxy) is 1. The normalized spacial score (nSPS) is 23.6. The van der Waals surface area contributed by atoms with Crippen molar-refractivity contribution in [2.75, 3.05) is 39.9 Å². The molecule has 1 saturated heterocycles. The van der Waals surface area contributed by atoms with Crippen LogP contribution in [0.1, 0.15) is 26.7 Å². The lowest BCUT2D eigenvalue weighted by atomic mass is 9.92. The SMILES string of the molecule is C=C(C)COCCNC(C)C1CCCN(C)C1. The summed E-state index contributed by atoms with van der Waals surface area (Å²) in [4.78, 5) is 2.43. The van der Waals surface area contributed by atoms with Crippen LogP contribution in [0.25, 0.3) is 0 Å². The molecule has 17 heavy (non-hydrogen) atoms. The van der Waals surface area contributed by atoms with Gasteiger partial charge in [0.25, 0.3) is 0 Å². The molecule has 0 aromatic rings. The van der Waals surface area contributed by atoms with E-state index in [0.29, 0.717) is 12.6 Å². The molecule has 3 heteroatoms. The summed E-state index contributed by atoms with van der Waals surface area (Å²) in [6, 6.07) is 0.589. The van der Waals surface area contributed by atoms with Gasteiger partial charge in [-0.2, -0.15) is 0 Å². The highest BCUT2D eigenvalue weighted by molar-refractivity contribution is 4.87. The molecule has 1 aliphatic heterocycles. The van der Waals surface area contributed by atoms with Gasteiger partial charge in [0.15, 0.2) is 0 Å². The van der Waals surface area contributed by atoms with Crippen LogP contribution in [0.5, 0.6) is 0 Å². The van der Waals surface area contributed by atoms with Crippen molar-refractivity contribution in [2.24, 2.45) is 5.92 Å². The number of hydrogen-bond donors (Lipinski definition) is 1. The fraction of sp³-hybridized carbons (Fsp3) is 0.857. The number of likely N-dealkylation sites (tertiary alicyclic amines) is 1. The highest BCUT2D eigenvalue weighted by atomic mass is 16.5. The molecular weight excluding hydrogens is 212 g/mol. The monoisotopic (exact) mass is 240 g/mol. The van der Waals surface area contributed by atoms with E-state index in [9.17, 15) is 0 Å². The summed E-state index contributed by atoms with van der Waals surface area (Å²) >= 11 is 0. The molecule has 1 fully saturated rings. The molecule has 0 aromatic heterocycles. The molecule has 2 unspecified atom stereocenters. The van der Waals surface area contributed by atoms with Gasteiger partial charge in [-0.25, -0.2) is 0 Å². The first-order valence-corrected chi connectivity index (χ1v) is 6.73. The van der Waals surface area contributed by atoms with Crippen molar-refractivity contribution in [1.29, 1.82) is 0 Å². The van der Waals surface area contributed by atoms with Crippen LogP contribution in [0.15, 0.2) is 12.2 Å². The molecule has 0 aromatic carbocycles. The lowest BCUT2D eigenvalue weighted by molar-refractivity contribution is 0.142. The van der Waals surface area contributed by atoms with Gasteiger partial charge in [0, 0.05) is 19.1 Å². The Morgan fingerprint density at radius 3 is 3.00 bits per heavy atom. The van der Waals surface area contributed by atoms with Crippen molar-refractivity contribution in [3.63, 3.8) is 0 Å². The fourth-order valence-corrected chi connectivity index (χ4v) is 2.39. The van der Waals surface area contributed by atoms with Crippen LogP contribution in [-0.2, 0) is 4.74 Å². The Labute approximate surface area is 106 Å². The molecule has 0 spiro atoms. The Morgan fingerprint density at radius 2 is 2.35 bits per heavy atom. The Hall–Kier alpha value is -0.380. The van der Waals surface area contributed by atoms with E-state index < -0.39 is 0 Å². The second-order valence-electron chi connectivity index (χ2n) is 5.42. The Bertz CT molecular complexity index is 230. The molecule has 1 rings (SSSR count). The summed E-state index contributed by atoms with van der Waals surface area (Å²) in [5.41, 5.74) is 1.09. The van der Waals surface area contributed by atoms with Crippen molar-refractivity contribution >= 4 is 0 Å². The highest BCUT2D eigenvalue weighted by Gasteiger charge is 2.21. The lowest BCUT2D eigenvalue weighted by Crippen LogP contribution is -2.43. The molecular formula is C14H28N2O. The molecule has 0 amide bonds. The minimum atomic E-state index is 0.589. The van der Waals surface area contributed by atoms with Crippen LogP contribution in [0, 0.1) is 5.92 Å². The molecule has 100 valence electrons. The van der Waals surface area contributed by atoms with Crippen LogP contribution in [0.3, 0.4) is 0 Å². The van der Waals surface area contributed by atoms with Gasteiger partial charge >= 0.3 is 0 Å². The van der Waals surface area contributed by atoms with E-state index >= 15 is 0 Å². The second-order valence-corrected chi connectivity index (χ2v) is 5.42. The van der Waals surface area contributed by atoms with Crippen molar-refractivity contribution in [3.8, 4) is 0 Å². The fourth-order valence-electron chi connectivity index (χ4n) is 2.39. The average molecular weight is 240 g/mol. The molecule has 0 saturated carbocycles. The maximum absolute atomic E-state index is 5.48. The van der Waals surface area contributed by atoms with Gasteiger partial charge in [0.1, 0.15) is 0 Å². The first-order chi connectivity index (χ1) is 8.09. The molecule has 1 aliphatic rings. The standard InChI is InChI=1S/C14H28N2O/c1-12(2)11-17-9-7-15-13(3)14-6-5-8-16(4)10-14/h13-15H,1,5-11H2,2-4H3. The number of piperidine rings is 1. The van der Waals surface area contributed by atoms with Gasteiger partial charge in [0.2, 0.25) is 0 Å². The summed E-state index contributed by atoms with van der Waals surface area (Å²) in [5, 5.41) is 3.57. The number of nitrogens with zero attached hydrogens (tertiary/aromatic N) is 1. The summed E-state index contributed by atoms with van der Waals surface area (Å²) in [6.07, 6.45) is 2.68. The minimum absolute atomic E-state index is 0.589. The van der Waals surface area contributed by atoms with Gasteiger partial charge in [-0.3, -0.25) is 0 Å². The Balaban J connectivity index is 2.07. The topological polar surface area (TPSA) is 24.5 Å². The molecule has 2 atom stereocenters. The number of rotatable bonds is 7. The third-order valence-corrected chi connectivity index (χ3v) is 3.43. The van der Waals surface area contributed by atoms with Crippen LogP contribution in [-0.4, -0.2) is 50.8 Å². The molecule has 1 N–H and O–H groups in total. The maximum Gasteiger partial charge on any atom is 0.0672 e. The quantitative estimate of drug-likeness (QED) is 0.543. The van der Waals surface area contributed by atoms with E-state index in [1.54, 1.807) is 0 Å². The zero-order chi connectivity index (χ0) is 12.7. The summed E-state index contributed by atoms with van der Waals surface area (Å²) in [6.45, 7) is 13.0. The predicted octanol–water partition coefficient (Wildman–Crippen LogP) is 1.90. The Morgan fingerprint density at radius 1 is 1.59 bits per heavy atom. The summed E-state index contributed by atoms with van der Waals surface area (Å²) in [5.74, 6) is 0.787. The molecule has 1 heterocycles. The van der Waals surface area contributed by atoms with E-state index in [1.807, 2.05) is 6.92 Å². The van der Waals surface area contributed by atoms with Gasteiger partial charge in [-0.05, 0) is 46.2 Å². The highest BCUT2D eigenvalue weighted by Crippen LogP contribution is 2.18. The smallest absolute Gasteiger partial charge is 0.0672 e. The third kappa shape index (κ3) is 6.20. The largest absolute Gasteiger partial charge is 0.376 e. The molecule has 3 nitrogen and oxygen atoms in total. The van der Waals surface area contributed by atoms with E-state index in [4.69, 9.17) is 4.74 Å². The molecule has 0 aliphatic carbocycles. The summed E-state index contributed by atoms with van der Waals surface area (Å²) < 4.78 is 5.48. The van der Waals surface area contributed by atoms with Gasteiger partial charge in [0.05, 0.1) is 13.2 Å². The zero-order valence-corrected chi connectivity index (χ0v) is 11.7. The number of hydrogen-bond acceptors (Lipinski definition) is 3. The van der Waals surface area contributed by atoms with Crippen molar-refractivity contribution in [1.82, 2.24) is 10.2 Å². The molecule has 0 radical (unpaired) electrons. The first kappa shape index (κ1) is 14.7. The average Bonchev–Trinajstić information content (AvgIpc) is 2.28. The lowest BCUT2D eigenvalue weighted by Gasteiger charge is -2.34. The van der Waals surface area contributed by atoms with E-state index in [2.05, 4.69) is 30.8 Å². The van der Waals surface area contributed by atoms with Crippen molar-refractivity contribution in [2.45, 2.75) is 32.7 Å². The summed E-state index contributed by atoms with van der Waals surface area (Å²) in [7, 11) is 2.22. The molecule has 0 bridgehead atoms. The van der Waals surface area contributed by atoms with E-state index in [-0.39, 0.29) is 0 Å². The van der Waals surface area contributed by atoms with Crippen LogP contribution in [0.2, 0.25) is 0 Å².